The highest BCUT2D eigenvalue weighted by Crippen LogP contribution is 2.37. The van der Waals surface area contributed by atoms with Gasteiger partial charge in [0.25, 0.3) is 0 Å². The zero-order chi connectivity index (χ0) is 11.2. The molecule has 3 unspecified atom stereocenters. The molecule has 88 valence electrons. The third kappa shape index (κ3) is 2.19. The molecule has 0 aromatic heterocycles. The minimum atomic E-state index is -0.383. The van der Waals surface area contributed by atoms with E-state index in [0.717, 1.165) is 6.54 Å². The quantitative estimate of drug-likeness (QED) is 0.699. The van der Waals surface area contributed by atoms with Crippen molar-refractivity contribution < 1.29 is 9.47 Å². The van der Waals surface area contributed by atoms with Gasteiger partial charge in [0.2, 0.25) is 0 Å². The molecule has 0 amide bonds. The highest BCUT2D eigenvalue weighted by Gasteiger charge is 2.51. The van der Waals surface area contributed by atoms with Crippen LogP contribution in [0.2, 0.25) is 0 Å². The van der Waals surface area contributed by atoms with Crippen LogP contribution in [-0.2, 0) is 9.47 Å². The van der Waals surface area contributed by atoms with Gasteiger partial charge in [-0.15, -0.1) is 0 Å². The Balaban J connectivity index is 2.05. The van der Waals surface area contributed by atoms with Crippen LogP contribution in [0, 0.1) is 5.92 Å². The van der Waals surface area contributed by atoms with E-state index in [1.807, 2.05) is 13.8 Å². The molecule has 2 rings (SSSR count). The van der Waals surface area contributed by atoms with Crippen molar-refractivity contribution in [1.82, 2.24) is 4.90 Å². The summed E-state index contributed by atoms with van der Waals surface area (Å²) in [5.74, 6) is 0.328. The van der Waals surface area contributed by atoms with Gasteiger partial charge in [0, 0.05) is 12.6 Å². The first-order valence-electron chi connectivity index (χ1n) is 5.95. The Bertz CT molecular complexity index is 240. The van der Waals surface area contributed by atoms with E-state index in [4.69, 9.17) is 9.47 Å². The minimum absolute atomic E-state index is 0.271. The van der Waals surface area contributed by atoms with E-state index in [1.165, 1.54) is 6.42 Å². The van der Waals surface area contributed by atoms with E-state index < -0.39 is 0 Å². The van der Waals surface area contributed by atoms with Crippen molar-refractivity contribution in [3.05, 3.63) is 0 Å². The van der Waals surface area contributed by atoms with Crippen molar-refractivity contribution in [2.75, 3.05) is 13.6 Å². The van der Waals surface area contributed by atoms with E-state index in [1.54, 1.807) is 0 Å². The van der Waals surface area contributed by atoms with Gasteiger partial charge >= 0.3 is 0 Å². The number of hydrogen-bond donors (Lipinski definition) is 0. The van der Waals surface area contributed by atoms with Gasteiger partial charge < -0.3 is 9.47 Å². The summed E-state index contributed by atoms with van der Waals surface area (Å²) in [5.41, 5.74) is 0. The Morgan fingerprint density at radius 2 is 2.00 bits per heavy atom. The molecule has 2 aliphatic rings. The van der Waals surface area contributed by atoms with Gasteiger partial charge in [0.1, 0.15) is 12.2 Å². The summed E-state index contributed by atoms with van der Waals surface area (Å²) in [6, 6.07) is 0.525. The number of likely N-dealkylation sites (tertiary alicyclic amines) is 1. The summed E-state index contributed by atoms with van der Waals surface area (Å²) < 4.78 is 11.9. The van der Waals surface area contributed by atoms with E-state index in [2.05, 4.69) is 25.8 Å². The van der Waals surface area contributed by atoms with Crippen molar-refractivity contribution in [3.8, 4) is 0 Å². The van der Waals surface area contributed by atoms with Crippen LogP contribution in [0.15, 0.2) is 0 Å². The predicted octanol–water partition coefficient (Wildman–Crippen LogP) is 1.87. The summed E-state index contributed by atoms with van der Waals surface area (Å²) in [6.07, 6.45) is 1.73. The molecule has 2 saturated heterocycles. The highest BCUT2D eigenvalue weighted by molar-refractivity contribution is 4.98. The molecule has 0 radical (unpaired) electrons. The van der Waals surface area contributed by atoms with Gasteiger partial charge in [-0.05, 0) is 33.2 Å². The smallest absolute Gasteiger partial charge is 0.163 e. The van der Waals surface area contributed by atoms with Crippen molar-refractivity contribution in [3.63, 3.8) is 0 Å². The minimum Gasteiger partial charge on any atom is -0.343 e. The molecule has 3 heteroatoms. The second-order valence-corrected chi connectivity index (χ2v) is 5.78. The topological polar surface area (TPSA) is 21.7 Å². The third-order valence-electron chi connectivity index (χ3n) is 3.35. The Kier molecular flexibility index (Phi) is 2.82. The lowest BCUT2D eigenvalue weighted by Crippen LogP contribution is -2.37. The van der Waals surface area contributed by atoms with Crippen molar-refractivity contribution in [2.45, 2.75) is 58.2 Å². The van der Waals surface area contributed by atoms with Crippen LogP contribution >= 0.6 is 0 Å². The zero-order valence-electron chi connectivity index (χ0n) is 10.5. The SMILES string of the molecule is CC(C)CC1C2OC(C)(C)OC2CN1C. The lowest BCUT2D eigenvalue weighted by atomic mass is 9.99. The molecular weight excluding hydrogens is 190 g/mol. The number of likely N-dealkylation sites (N-methyl/N-ethyl adjacent to an activating group) is 1. The van der Waals surface area contributed by atoms with Gasteiger partial charge in [0.15, 0.2) is 5.79 Å². The lowest BCUT2D eigenvalue weighted by molar-refractivity contribution is -0.160. The monoisotopic (exact) mass is 213 g/mol. The summed E-state index contributed by atoms with van der Waals surface area (Å²) in [4.78, 5) is 2.38. The molecule has 0 saturated carbocycles. The average molecular weight is 213 g/mol. The van der Waals surface area contributed by atoms with Gasteiger partial charge in [-0.1, -0.05) is 13.8 Å². The fourth-order valence-electron chi connectivity index (χ4n) is 2.80. The number of nitrogens with zero attached hydrogens (tertiary/aromatic N) is 1. The molecule has 0 bridgehead atoms. The van der Waals surface area contributed by atoms with Gasteiger partial charge in [-0.2, -0.15) is 0 Å². The third-order valence-corrected chi connectivity index (χ3v) is 3.35. The Labute approximate surface area is 92.7 Å². The van der Waals surface area contributed by atoms with Gasteiger partial charge in [0.05, 0.1) is 0 Å². The van der Waals surface area contributed by atoms with Gasteiger partial charge in [-0.25, -0.2) is 0 Å². The lowest BCUT2D eigenvalue weighted by Gasteiger charge is -2.28. The Hall–Kier alpha value is -0.120. The van der Waals surface area contributed by atoms with E-state index >= 15 is 0 Å². The van der Waals surface area contributed by atoms with Crippen molar-refractivity contribution >= 4 is 0 Å². The number of rotatable bonds is 2. The average Bonchev–Trinajstić information content (AvgIpc) is 2.47. The van der Waals surface area contributed by atoms with Crippen LogP contribution in [-0.4, -0.2) is 42.5 Å². The Morgan fingerprint density at radius 1 is 1.33 bits per heavy atom. The molecule has 0 spiro atoms. The standard InChI is InChI=1S/C12H23NO2/c1-8(2)6-9-11-10(7-13(9)5)14-12(3,4)15-11/h8-11H,6-7H2,1-5H3. The van der Waals surface area contributed by atoms with Crippen molar-refractivity contribution in [1.29, 1.82) is 0 Å². The van der Waals surface area contributed by atoms with Crippen LogP contribution < -0.4 is 0 Å². The predicted molar refractivity (Wildman–Crippen MR) is 59.7 cm³/mol. The van der Waals surface area contributed by atoms with Crippen molar-refractivity contribution in [2.24, 2.45) is 5.92 Å². The number of fused-ring (bicyclic) bond motifs is 1. The molecule has 0 aromatic carbocycles. The van der Waals surface area contributed by atoms with Crippen LogP contribution in [0.4, 0.5) is 0 Å². The molecule has 2 heterocycles. The van der Waals surface area contributed by atoms with E-state index in [9.17, 15) is 0 Å². The fraction of sp³-hybridized carbons (Fsp3) is 1.00. The molecule has 3 atom stereocenters. The molecule has 2 fully saturated rings. The van der Waals surface area contributed by atoms with E-state index in [-0.39, 0.29) is 18.0 Å². The number of ether oxygens (including phenoxy) is 2. The van der Waals surface area contributed by atoms with Crippen LogP contribution in [0.5, 0.6) is 0 Å². The van der Waals surface area contributed by atoms with Crippen LogP contribution in [0.1, 0.15) is 34.1 Å². The molecule has 0 aliphatic carbocycles. The first-order chi connectivity index (χ1) is 6.89. The molecular formula is C12H23NO2. The maximum Gasteiger partial charge on any atom is 0.163 e. The Morgan fingerprint density at radius 3 is 2.60 bits per heavy atom. The maximum absolute atomic E-state index is 5.99. The summed E-state index contributed by atoms with van der Waals surface area (Å²) in [7, 11) is 2.17. The van der Waals surface area contributed by atoms with E-state index in [0.29, 0.717) is 12.0 Å². The summed E-state index contributed by atoms with van der Waals surface area (Å²) in [5, 5.41) is 0. The first kappa shape index (κ1) is 11.4. The molecule has 0 aromatic rings. The highest BCUT2D eigenvalue weighted by atomic mass is 16.8. The van der Waals surface area contributed by atoms with Gasteiger partial charge in [-0.3, -0.25) is 4.90 Å². The summed E-state index contributed by atoms with van der Waals surface area (Å²) in [6.45, 7) is 9.56. The number of hydrogen-bond acceptors (Lipinski definition) is 3. The molecule has 2 aliphatic heterocycles. The summed E-state index contributed by atoms with van der Waals surface area (Å²) >= 11 is 0. The second kappa shape index (κ2) is 3.72. The largest absolute Gasteiger partial charge is 0.343 e. The second-order valence-electron chi connectivity index (χ2n) is 5.78. The normalized spacial score (nSPS) is 40.0. The fourth-order valence-corrected chi connectivity index (χ4v) is 2.80. The maximum atomic E-state index is 5.99. The molecule has 15 heavy (non-hydrogen) atoms. The molecule has 0 N–H and O–H groups in total. The van der Waals surface area contributed by atoms with Crippen LogP contribution in [0.3, 0.4) is 0 Å². The van der Waals surface area contributed by atoms with Crippen LogP contribution in [0.25, 0.3) is 0 Å². The molecule has 3 nitrogen and oxygen atoms in total. The zero-order valence-corrected chi connectivity index (χ0v) is 10.5. The first-order valence-corrected chi connectivity index (χ1v) is 5.95.